The molecule has 0 amide bonds. The van der Waals surface area contributed by atoms with Crippen molar-refractivity contribution >= 4 is 29.0 Å². The molecule has 0 saturated carbocycles. The van der Waals surface area contributed by atoms with Crippen molar-refractivity contribution in [3.8, 4) is 0 Å². The molecule has 0 fully saturated rings. The van der Waals surface area contributed by atoms with Crippen LogP contribution in [0, 0.1) is 6.92 Å². The zero-order chi connectivity index (χ0) is 18.4. The molecule has 0 radical (unpaired) electrons. The first kappa shape index (κ1) is 17.8. The molecule has 0 N–H and O–H groups in total. The second-order valence-electron chi connectivity index (χ2n) is 5.35. The molecule has 0 spiro atoms. The summed E-state index contributed by atoms with van der Waals surface area (Å²) in [6.45, 7) is 1.81. The molecule has 5 nitrogen and oxygen atoms in total. The van der Waals surface area contributed by atoms with Gasteiger partial charge in [-0.1, -0.05) is 11.6 Å². The van der Waals surface area contributed by atoms with E-state index in [1.807, 2.05) is 6.26 Å². The van der Waals surface area contributed by atoms with Gasteiger partial charge in [-0.3, -0.25) is 4.79 Å². The van der Waals surface area contributed by atoms with Crippen molar-refractivity contribution < 1.29 is 13.2 Å². The highest BCUT2D eigenvalue weighted by atomic mass is 35.5. The van der Waals surface area contributed by atoms with Gasteiger partial charge >= 0.3 is 6.18 Å². The topological polar surface area (TPSA) is 52.2 Å². The fourth-order valence-electron chi connectivity index (χ4n) is 2.47. The first-order chi connectivity index (χ1) is 11.7. The molecule has 0 unspecified atom stereocenters. The van der Waals surface area contributed by atoms with Crippen LogP contribution in [0.25, 0.3) is 5.65 Å². The van der Waals surface area contributed by atoms with Crippen LogP contribution in [0.2, 0.25) is 5.15 Å². The summed E-state index contributed by atoms with van der Waals surface area (Å²) in [5.41, 5.74) is 0.137. The highest BCUT2D eigenvalue weighted by molar-refractivity contribution is 7.98. The molecule has 0 aromatic carbocycles. The second-order valence-corrected chi connectivity index (χ2v) is 6.53. The average Bonchev–Trinajstić information content (AvgIpc) is 2.96. The highest BCUT2D eigenvalue weighted by Gasteiger charge is 2.34. The minimum absolute atomic E-state index is 0.0996. The van der Waals surface area contributed by atoms with Crippen molar-refractivity contribution in [2.24, 2.45) is 0 Å². The van der Waals surface area contributed by atoms with E-state index < -0.39 is 16.9 Å². The van der Waals surface area contributed by atoms with Gasteiger partial charge < -0.3 is 4.57 Å². The van der Waals surface area contributed by atoms with E-state index in [4.69, 9.17) is 11.6 Å². The van der Waals surface area contributed by atoms with Gasteiger partial charge in [0.25, 0.3) is 5.56 Å². The fraction of sp³-hybridized carbons (Fsp3) is 0.267. The third-order valence-corrected chi connectivity index (χ3v) is 4.58. The van der Waals surface area contributed by atoms with E-state index in [9.17, 15) is 18.0 Å². The Labute approximate surface area is 149 Å². The first-order valence-electron chi connectivity index (χ1n) is 7.06. The Bertz CT molecular complexity index is 1010. The van der Waals surface area contributed by atoms with E-state index in [0.717, 1.165) is 6.07 Å². The van der Waals surface area contributed by atoms with Gasteiger partial charge in [-0.05, 0) is 24.8 Å². The van der Waals surface area contributed by atoms with Crippen molar-refractivity contribution in [1.82, 2.24) is 19.2 Å². The standard InChI is InChI=1S/C15H12ClF3N4OS/c1-8-3-13(24)23-12(5-11(21-23)25-2)22(8)7-9-4-10(15(17,18)19)14(16)20-6-9/h3-6H,7H2,1-2H3. The molecule has 132 valence electrons. The van der Waals surface area contributed by atoms with E-state index in [1.54, 1.807) is 17.6 Å². The summed E-state index contributed by atoms with van der Waals surface area (Å²) in [5, 5.41) is 4.22. The average molecular weight is 389 g/mol. The number of thioether (sulfide) groups is 1. The lowest BCUT2D eigenvalue weighted by molar-refractivity contribution is -0.137. The van der Waals surface area contributed by atoms with Crippen LogP contribution in [0.1, 0.15) is 16.8 Å². The summed E-state index contributed by atoms with van der Waals surface area (Å²) >= 11 is 6.93. The number of alkyl halides is 3. The van der Waals surface area contributed by atoms with Gasteiger partial charge in [0.05, 0.1) is 12.1 Å². The highest BCUT2D eigenvalue weighted by Crippen LogP contribution is 2.34. The number of hydrogen-bond donors (Lipinski definition) is 0. The lowest BCUT2D eigenvalue weighted by atomic mass is 10.2. The summed E-state index contributed by atoms with van der Waals surface area (Å²) in [6.07, 6.45) is -1.48. The molecule has 0 aliphatic carbocycles. The van der Waals surface area contributed by atoms with Crippen LogP contribution >= 0.6 is 23.4 Å². The van der Waals surface area contributed by atoms with Crippen LogP contribution in [0.4, 0.5) is 13.2 Å². The first-order valence-corrected chi connectivity index (χ1v) is 8.67. The van der Waals surface area contributed by atoms with Gasteiger partial charge in [0.15, 0.2) is 0 Å². The number of fused-ring (bicyclic) bond motifs is 1. The molecule has 3 rings (SSSR count). The SMILES string of the molecule is CSc1cc2n(Cc3cnc(Cl)c(C(F)(F)F)c3)c(C)cc(=O)n2n1. The van der Waals surface area contributed by atoms with Crippen LogP contribution < -0.4 is 5.56 Å². The smallest absolute Gasteiger partial charge is 0.326 e. The normalized spacial score (nSPS) is 12.1. The maximum absolute atomic E-state index is 13.0. The van der Waals surface area contributed by atoms with Gasteiger partial charge in [-0.2, -0.15) is 22.8 Å². The van der Waals surface area contributed by atoms with Gasteiger partial charge in [0, 0.05) is 24.0 Å². The molecule has 0 saturated heterocycles. The molecule has 3 aromatic rings. The van der Waals surface area contributed by atoms with Gasteiger partial charge in [-0.15, -0.1) is 11.8 Å². The molecule has 3 heterocycles. The molecule has 3 aromatic heterocycles. The van der Waals surface area contributed by atoms with Crippen molar-refractivity contribution in [3.05, 3.63) is 56.7 Å². The minimum Gasteiger partial charge on any atom is -0.326 e. The van der Waals surface area contributed by atoms with E-state index in [1.165, 1.54) is 28.5 Å². The zero-order valence-electron chi connectivity index (χ0n) is 13.1. The van der Waals surface area contributed by atoms with Crippen LogP contribution in [-0.2, 0) is 12.7 Å². The van der Waals surface area contributed by atoms with E-state index in [-0.39, 0.29) is 12.1 Å². The fourth-order valence-corrected chi connectivity index (χ4v) is 3.06. The number of halogens is 4. The van der Waals surface area contributed by atoms with Crippen molar-refractivity contribution in [3.63, 3.8) is 0 Å². The summed E-state index contributed by atoms with van der Waals surface area (Å²) in [6, 6.07) is 4.07. The van der Waals surface area contributed by atoms with Crippen LogP contribution in [0.3, 0.4) is 0 Å². The molecule has 10 heteroatoms. The summed E-state index contributed by atoms with van der Waals surface area (Å²) in [7, 11) is 0. The van der Waals surface area contributed by atoms with E-state index in [2.05, 4.69) is 10.1 Å². The Balaban J connectivity index is 2.13. The van der Waals surface area contributed by atoms with Crippen LogP contribution in [-0.4, -0.2) is 25.4 Å². The Kier molecular flexibility index (Phi) is 4.54. The summed E-state index contributed by atoms with van der Waals surface area (Å²) < 4.78 is 42.0. The van der Waals surface area contributed by atoms with Gasteiger partial charge in [0.1, 0.15) is 15.8 Å². The predicted octanol–water partition coefficient (Wildman–Crippen LogP) is 3.64. The predicted molar refractivity (Wildman–Crippen MR) is 89.3 cm³/mol. The second kappa shape index (κ2) is 6.38. The molecule has 0 bridgehead atoms. The van der Waals surface area contributed by atoms with Gasteiger partial charge in [-0.25, -0.2) is 4.98 Å². The number of pyridine rings is 1. The number of rotatable bonds is 3. The third-order valence-electron chi connectivity index (χ3n) is 3.66. The van der Waals surface area contributed by atoms with Gasteiger partial charge in [0.2, 0.25) is 0 Å². The zero-order valence-corrected chi connectivity index (χ0v) is 14.7. The Hall–Kier alpha value is -2.00. The van der Waals surface area contributed by atoms with Crippen LogP contribution in [0.15, 0.2) is 34.2 Å². The quantitative estimate of drug-likeness (QED) is 0.507. The molecule has 25 heavy (non-hydrogen) atoms. The van der Waals surface area contributed by atoms with Crippen molar-refractivity contribution in [1.29, 1.82) is 0 Å². The maximum atomic E-state index is 13.0. The Morgan fingerprint density at radius 1 is 1.28 bits per heavy atom. The third kappa shape index (κ3) is 3.38. The van der Waals surface area contributed by atoms with E-state index in [0.29, 0.717) is 21.9 Å². The lowest BCUT2D eigenvalue weighted by Crippen LogP contribution is -2.20. The number of aromatic nitrogens is 4. The number of nitrogens with zero attached hydrogens (tertiary/aromatic N) is 4. The number of hydrogen-bond acceptors (Lipinski definition) is 4. The Morgan fingerprint density at radius 3 is 2.64 bits per heavy atom. The molecular weight excluding hydrogens is 377 g/mol. The molecular formula is C15H12ClF3N4OS. The minimum atomic E-state index is -4.59. The Morgan fingerprint density at radius 2 is 2.00 bits per heavy atom. The molecule has 0 aliphatic heterocycles. The number of aryl methyl sites for hydroxylation is 1. The van der Waals surface area contributed by atoms with Crippen molar-refractivity contribution in [2.45, 2.75) is 24.7 Å². The van der Waals surface area contributed by atoms with Crippen LogP contribution in [0.5, 0.6) is 0 Å². The molecule has 0 atom stereocenters. The largest absolute Gasteiger partial charge is 0.419 e. The monoisotopic (exact) mass is 388 g/mol. The summed E-state index contributed by atoms with van der Waals surface area (Å²) in [4.78, 5) is 15.7. The molecule has 0 aliphatic rings. The van der Waals surface area contributed by atoms with Crippen molar-refractivity contribution in [2.75, 3.05) is 6.26 Å². The maximum Gasteiger partial charge on any atom is 0.419 e. The van der Waals surface area contributed by atoms with E-state index >= 15 is 0 Å². The lowest BCUT2D eigenvalue weighted by Gasteiger charge is -2.14. The summed E-state index contributed by atoms with van der Waals surface area (Å²) in [5.74, 6) is 0.